The summed E-state index contributed by atoms with van der Waals surface area (Å²) in [5, 5.41) is 22.6. The molecule has 1 aliphatic heterocycles. The molecule has 3 rings (SSSR count). The lowest BCUT2D eigenvalue weighted by Gasteiger charge is -2.36. The fourth-order valence-corrected chi connectivity index (χ4v) is 3.76. The van der Waals surface area contributed by atoms with Gasteiger partial charge in [-0.1, -0.05) is 43.7 Å². The number of aromatic carboxylic acids is 1. The quantitative estimate of drug-likeness (QED) is 0.191. The van der Waals surface area contributed by atoms with Crippen molar-refractivity contribution in [1.29, 1.82) is 0 Å². The average molecular weight is 580 g/mol. The zero-order chi connectivity index (χ0) is 30.3. The number of hydrogen-bond donors (Lipinski definition) is 4. The van der Waals surface area contributed by atoms with Gasteiger partial charge in [0.05, 0.1) is 12.1 Å². The predicted molar refractivity (Wildman–Crippen MR) is 149 cm³/mol. The third-order valence-corrected chi connectivity index (χ3v) is 6.03. The summed E-state index contributed by atoms with van der Waals surface area (Å²) in [6.45, 7) is 6.97. The molecule has 0 saturated carbocycles. The summed E-state index contributed by atoms with van der Waals surface area (Å²) in [7, 11) is 0. The molecule has 0 bridgehead atoms. The summed E-state index contributed by atoms with van der Waals surface area (Å²) in [5.41, 5.74) is 2.27. The highest BCUT2D eigenvalue weighted by Gasteiger charge is 2.38. The number of nitrogens with one attached hydrogen (secondary N) is 2. The first kappa shape index (κ1) is 33.1. The normalized spacial score (nSPS) is 14.0. The summed E-state index contributed by atoms with van der Waals surface area (Å²) < 4.78 is 31.7. The minimum Gasteiger partial charge on any atom is -0.478 e. The first-order valence-electron chi connectivity index (χ1n) is 13.2. The summed E-state index contributed by atoms with van der Waals surface area (Å²) in [6.07, 6.45) is -2.18. The number of carbonyl (C=O) groups is 3. The molecule has 1 heterocycles. The van der Waals surface area contributed by atoms with Crippen LogP contribution >= 0.6 is 0 Å². The molecule has 10 nitrogen and oxygen atoms in total. The number of piperazine rings is 1. The summed E-state index contributed by atoms with van der Waals surface area (Å²) in [5.74, 6) is -2.85. The number of unbranched alkanes of at least 4 members (excludes halogenated alkanes) is 1. The minimum atomic E-state index is -5.08. The van der Waals surface area contributed by atoms with E-state index < -0.39 is 18.1 Å². The van der Waals surface area contributed by atoms with Gasteiger partial charge in [0, 0.05) is 45.0 Å². The molecular weight excluding hydrogens is 543 g/mol. The van der Waals surface area contributed by atoms with Crippen molar-refractivity contribution in [3.05, 3.63) is 65.7 Å². The monoisotopic (exact) mass is 579 g/mol. The lowest BCUT2D eigenvalue weighted by molar-refractivity contribution is -0.192. The molecule has 0 unspecified atom stereocenters. The van der Waals surface area contributed by atoms with E-state index in [1.807, 2.05) is 18.2 Å². The molecule has 2 aromatic rings. The number of aliphatic imine (C=N–C) groups is 1. The van der Waals surface area contributed by atoms with E-state index in [2.05, 4.69) is 39.5 Å². The topological polar surface area (TPSA) is 135 Å². The van der Waals surface area contributed by atoms with Crippen molar-refractivity contribution in [3.8, 4) is 0 Å². The molecule has 1 aliphatic rings. The Labute approximate surface area is 236 Å². The third-order valence-electron chi connectivity index (χ3n) is 6.03. The number of nitrogens with zero attached hydrogens (tertiary/aromatic N) is 3. The van der Waals surface area contributed by atoms with Gasteiger partial charge >= 0.3 is 18.1 Å². The zero-order valence-corrected chi connectivity index (χ0v) is 22.9. The maximum absolute atomic E-state index is 12.1. The van der Waals surface area contributed by atoms with E-state index in [0.29, 0.717) is 13.1 Å². The van der Waals surface area contributed by atoms with E-state index in [1.54, 1.807) is 24.3 Å². The van der Waals surface area contributed by atoms with Gasteiger partial charge in [-0.3, -0.25) is 14.7 Å². The number of anilines is 1. The van der Waals surface area contributed by atoms with Crippen LogP contribution in [-0.2, 0) is 16.0 Å². The van der Waals surface area contributed by atoms with Gasteiger partial charge < -0.3 is 25.7 Å². The Hall–Kier alpha value is -4.13. The Kier molecular flexibility index (Phi) is 13.6. The van der Waals surface area contributed by atoms with Crippen LogP contribution in [0.5, 0.6) is 0 Å². The maximum Gasteiger partial charge on any atom is 0.490 e. The van der Waals surface area contributed by atoms with Crippen molar-refractivity contribution in [1.82, 2.24) is 15.1 Å². The van der Waals surface area contributed by atoms with E-state index in [1.165, 1.54) is 5.56 Å². The second kappa shape index (κ2) is 16.9. The summed E-state index contributed by atoms with van der Waals surface area (Å²) >= 11 is 0. The van der Waals surface area contributed by atoms with Crippen LogP contribution in [0, 0.1) is 0 Å². The smallest absolute Gasteiger partial charge is 0.478 e. The van der Waals surface area contributed by atoms with E-state index in [4.69, 9.17) is 20.0 Å². The molecule has 1 saturated heterocycles. The van der Waals surface area contributed by atoms with E-state index >= 15 is 0 Å². The van der Waals surface area contributed by atoms with Gasteiger partial charge in [-0.25, -0.2) is 9.59 Å². The highest BCUT2D eigenvalue weighted by Crippen LogP contribution is 2.14. The Morgan fingerprint density at radius 3 is 2.10 bits per heavy atom. The molecule has 0 aromatic heterocycles. The number of alkyl halides is 3. The number of rotatable bonds is 10. The lowest BCUT2D eigenvalue weighted by Crippen LogP contribution is -2.52. The number of halogens is 3. The SMILES string of the molecule is CCCCNC(=O)CN1CCN(C(=NCCc2ccccc2)Nc2ccc(C(=O)O)cc2)CC1.O=C(O)C(F)(F)F. The highest BCUT2D eigenvalue weighted by atomic mass is 19.4. The fourth-order valence-electron chi connectivity index (χ4n) is 3.76. The summed E-state index contributed by atoms with van der Waals surface area (Å²) in [4.78, 5) is 41.4. The molecule has 0 atom stereocenters. The number of amides is 1. The van der Waals surface area contributed by atoms with Crippen LogP contribution in [0.3, 0.4) is 0 Å². The molecular formula is C28H36F3N5O5. The minimum absolute atomic E-state index is 0.0790. The van der Waals surface area contributed by atoms with Gasteiger partial charge in [-0.15, -0.1) is 0 Å². The fraction of sp³-hybridized carbons (Fsp3) is 0.429. The van der Waals surface area contributed by atoms with Crippen molar-refractivity contribution >= 4 is 29.5 Å². The van der Waals surface area contributed by atoms with Crippen molar-refractivity contribution < 1.29 is 37.8 Å². The van der Waals surface area contributed by atoms with Gasteiger partial charge in [0.25, 0.3) is 0 Å². The molecule has 1 amide bonds. The van der Waals surface area contributed by atoms with Crippen molar-refractivity contribution in [2.45, 2.75) is 32.4 Å². The van der Waals surface area contributed by atoms with Crippen LogP contribution in [0.2, 0.25) is 0 Å². The van der Waals surface area contributed by atoms with Crippen LogP contribution in [-0.4, -0.2) is 95.8 Å². The molecule has 41 heavy (non-hydrogen) atoms. The molecule has 1 fully saturated rings. The first-order chi connectivity index (χ1) is 19.5. The van der Waals surface area contributed by atoms with Crippen LogP contribution in [0.25, 0.3) is 0 Å². The van der Waals surface area contributed by atoms with Gasteiger partial charge in [-0.05, 0) is 42.7 Å². The predicted octanol–water partition coefficient (Wildman–Crippen LogP) is 3.56. The van der Waals surface area contributed by atoms with Crippen molar-refractivity contribution in [3.63, 3.8) is 0 Å². The summed E-state index contributed by atoms with van der Waals surface area (Å²) in [6, 6.07) is 16.9. The second-order valence-corrected chi connectivity index (χ2v) is 9.22. The molecule has 2 aromatic carbocycles. The Morgan fingerprint density at radius 1 is 0.951 bits per heavy atom. The first-order valence-corrected chi connectivity index (χ1v) is 13.2. The average Bonchev–Trinajstić information content (AvgIpc) is 2.94. The number of guanidine groups is 1. The number of hydrogen-bond acceptors (Lipinski definition) is 5. The van der Waals surface area contributed by atoms with Crippen LogP contribution < -0.4 is 10.6 Å². The van der Waals surface area contributed by atoms with E-state index in [0.717, 1.165) is 63.6 Å². The van der Waals surface area contributed by atoms with Crippen LogP contribution in [0.1, 0.15) is 35.7 Å². The molecule has 0 aliphatic carbocycles. The standard InChI is InChI=1S/C26H35N5O3.C2HF3O2/c1-2-3-14-27-24(32)20-30-16-18-31(19-17-30)26(28-15-13-21-7-5-4-6-8-21)29-23-11-9-22(10-12-23)25(33)34;3-2(4,5)1(6)7/h4-12H,2-3,13-20H2,1H3,(H,27,32)(H,28,29)(H,33,34);(H,6,7). The second-order valence-electron chi connectivity index (χ2n) is 9.22. The van der Waals surface area contributed by atoms with Crippen molar-refractivity contribution in [2.24, 2.45) is 4.99 Å². The van der Waals surface area contributed by atoms with Gasteiger partial charge in [-0.2, -0.15) is 13.2 Å². The van der Waals surface area contributed by atoms with Gasteiger partial charge in [0.2, 0.25) is 5.91 Å². The Balaban J connectivity index is 0.000000745. The third kappa shape index (κ3) is 12.7. The van der Waals surface area contributed by atoms with Gasteiger partial charge in [0.15, 0.2) is 5.96 Å². The number of aliphatic carboxylic acids is 1. The van der Waals surface area contributed by atoms with E-state index in [9.17, 15) is 22.8 Å². The van der Waals surface area contributed by atoms with Crippen LogP contribution in [0.4, 0.5) is 18.9 Å². The number of carboxylic acid groups (broad SMARTS) is 2. The van der Waals surface area contributed by atoms with Crippen LogP contribution in [0.15, 0.2) is 59.6 Å². The molecule has 4 N–H and O–H groups in total. The van der Waals surface area contributed by atoms with Gasteiger partial charge in [0.1, 0.15) is 0 Å². The number of benzene rings is 2. The highest BCUT2D eigenvalue weighted by molar-refractivity contribution is 5.94. The van der Waals surface area contributed by atoms with E-state index in [-0.39, 0.29) is 11.5 Å². The zero-order valence-electron chi connectivity index (χ0n) is 22.9. The van der Waals surface area contributed by atoms with Crippen molar-refractivity contribution in [2.75, 3.05) is 51.1 Å². The number of carbonyl (C=O) groups excluding carboxylic acids is 1. The molecule has 13 heteroatoms. The molecule has 0 radical (unpaired) electrons. The Morgan fingerprint density at radius 2 is 1.56 bits per heavy atom. The molecule has 224 valence electrons. The largest absolute Gasteiger partial charge is 0.490 e. The molecule has 0 spiro atoms. The maximum atomic E-state index is 12.1. The Bertz CT molecular complexity index is 1140. The number of carboxylic acids is 2. The lowest BCUT2D eigenvalue weighted by atomic mass is 10.2.